The molecule has 4 heteroatoms. The van der Waals surface area contributed by atoms with Gasteiger partial charge in [-0.2, -0.15) is 0 Å². The van der Waals surface area contributed by atoms with E-state index in [0.717, 1.165) is 22.9 Å². The van der Waals surface area contributed by atoms with Gasteiger partial charge in [0.25, 0.3) is 0 Å². The summed E-state index contributed by atoms with van der Waals surface area (Å²) < 4.78 is 5.78. The molecule has 0 amide bonds. The van der Waals surface area contributed by atoms with Crippen LogP contribution in [-0.2, 0) is 6.42 Å². The van der Waals surface area contributed by atoms with Crippen LogP contribution in [0.25, 0.3) is 0 Å². The maximum Gasteiger partial charge on any atom is 0.119 e. The Kier molecular flexibility index (Phi) is 4.03. The highest BCUT2D eigenvalue weighted by Crippen LogP contribution is 2.28. The van der Waals surface area contributed by atoms with E-state index in [1.54, 1.807) is 11.3 Å². The first-order valence-electron chi connectivity index (χ1n) is 7.09. The summed E-state index contributed by atoms with van der Waals surface area (Å²) in [5.41, 5.74) is 2.44. The van der Waals surface area contributed by atoms with Gasteiger partial charge in [-0.05, 0) is 44.5 Å². The first-order chi connectivity index (χ1) is 9.74. The van der Waals surface area contributed by atoms with Gasteiger partial charge >= 0.3 is 0 Å². The fourth-order valence-corrected chi connectivity index (χ4v) is 2.88. The number of benzene rings is 1. The number of ether oxygens (including phenoxy) is 1. The highest BCUT2D eigenvalue weighted by molar-refractivity contribution is 7.09. The lowest BCUT2D eigenvalue weighted by Gasteiger charge is -2.16. The molecule has 0 spiro atoms. The Morgan fingerprint density at radius 1 is 1.35 bits per heavy atom. The molecular formula is C16H20N2OS. The van der Waals surface area contributed by atoms with Crippen LogP contribution in [0.3, 0.4) is 0 Å². The van der Waals surface area contributed by atoms with E-state index >= 15 is 0 Å². The van der Waals surface area contributed by atoms with Crippen molar-refractivity contribution in [2.24, 2.45) is 0 Å². The van der Waals surface area contributed by atoms with Crippen molar-refractivity contribution in [2.45, 2.75) is 38.3 Å². The largest absolute Gasteiger partial charge is 0.490 e. The van der Waals surface area contributed by atoms with Crippen molar-refractivity contribution in [3.05, 3.63) is 45.9 Å². The minimum absolute atomic E-state index is 0.298. The zero-order valence-corrected chi connectivity index (χ0v) is 12.7. The van der Waals surface area contributed by atoms with Gasteiger partial charge in [-0.1, -0.05) is 12.1 Å². The maximum absolute atomic E-state index is 5.78. The number of aromatic nitrogens is 1. The van der Waals surface area contributed by atoms with Crippen LogP contribution in [0.15, 0.2) is 29.6 Å². The van der Waals surface area contributed by atoms with E-state index in [-0.39, 0.29) is 0 Å². The molecule has 0 saturated heterocycles. The summed E-state index contributed by atoms with van der Waals surface area (Å²) in [5.74, 6) is 0.982. The molecule has 1 aliphatic carbocycles. The van der Waals surface area contributed by atoms with Gasteiger partial charge in [-0.3, -0.25) is 0 Å². The number of thiazole rings is 1. The highest BCUT2D eigenvalue weighted by atomic mass is 32.1. The molecule has 2 aromatic rings. The third kappa shape index (κ3) is 3.38. The molecule has 1 aromatic heterocycles. The third-order valence-corrected chi connectivity index (χ3v) is 4.36. The van der Waals surface area contributed by atoms with Crippen molar-refractivity contribution < 1.29 is 4.74 Å². The Balaban J connectivity index is 1.68. The second-order valence-electron chi connectivity index (χ2n) is 5.29. The summed E-state index contributed by atoms with van der Waals surface area (Å²) in [4.78, 5) is 4.54. The standard InChI is InChI=1S/C16H20N2OS/c1-11-18-13(10-20-11)9-16(17-2)12-3-5-14(6-4-12)19-15-7-8-15/h3-6,10,15-17H,7-9H2,1-2H3. The van der Waals surface area contributed by atoms with Gasteiger partial charge < -0.3 is 10.1 Å². The molecule has 3 rings (SSSR count). The number of likely N-dealkylation sites (N-methyl/N-ethyl adjacent to an activating group) is 1. The lowest BCUT2D eigenvalue weighted by Crippen LogP contribution is -2.19. The van der Waals surface area contributed by atoms with Gasteiger partial charge in [0, 0.05) is 17.8 Å². The van der Waals surface area contributed by atoms with Gasteiger partial charge in [-0.15, -0.1) is 11.3 Å². The van der Waals surface area contributed by atoms with Crippen LogP contribution in [0.5, 0.6) is 5.75 Å². The number of hydrogen-bond acceptors (Lipinski definition) is 4. The molecule has 0 bridgehead atoms. The highest BCUT2D eigenvalue weighted by Gasteiger charge is 2.23. The molecule has 20 heavy (non-hydrogen) atoms. The Labute approximate surface area is 124 Å². The lowest BCUT2D eigenvalue weighted by atomic mass is 10.0. The van der Waals surface area contributed by atoms with E-state index in [1.165, 1.54) is 18.4 Å². The van der Waals surface area contributed by atoms with Crippen LogP contribution in [0.2, 0.25) is 0 Å². The SMILES string of the molecule is CNC(Cc1csc(C)n1)c1ccc(OC2CC2)cc1. The minimum atomic E-state index is 0.298. The minimum Gasteiger partial charge on any atom is -0.490 e. The van der Waals surface area contributed by atoms with Crippen molar-refractivity contribution in [2.75, 3.05) is 7.05 Å². The first kappa shape index (κ1) is 13.6. The maximum atomic E-state index is 5.78. The van der Waals surface area contributed by atoms with E-state index in [2.05, 4.69) is 39.9 Å². The summed E-state index contributed by atoms with van der Waals surface area (Å²) in [6, 6.07) is 8.75. The van der Waals surface area contributed by atoms with Gasteiger partial charge in [0.2, 0.25) is 0 Å². The van der Waals surface area contributed by atoms with Crippen molar-refractivity contribution in [1.82, 2.24) is 10.3 Å². The molecule has 0 aliphatic heterocycles. The molecule has 1 atom stereocenters. The Morgan fingerprint density at radius 3 is 2.65 bits per heavy atom. The molecule has 106 valence electrons. The van der Waals surface area contributed by atoms with E-state index in [0.29, 0.717) is 12.1 Å². The van der Waals surface area contributed by atoms with E-state index in [9.17, 15) is 0 Å². The average Bonchev–Trinajstić information content (AvgIpc) is 3.18. The number of nitrogens with zero attached hydrogens (tertiary/aromatic N) is 1. The molecule has 1 N–H and O–H groups in total. The van der Waals surface area contributed by atoms with E-state index < -0.39 is 0 Å². The van der Waals surface area contributed by atoms with Gasteiger partial charge in [-0.25, -0.2) is 4.98 Å². The Hall–Kier alpha value is -1.39. The van der Waals surface area contributed by atoms with Crippen LogP contribution in [0.1, 0.15) is 35.1 Å². The molecule has 1 aromatic carbocycles. The molecule has 1 aliphatic rings. The predicted octanol–water partition coefficient (Wildman–Crippen LogP) is 3.50. The summed E-state index contributed by atoms with van der Waals surface area (Å²) in [7, 11) is 2.00. The first-order valence-corrected chi connectivity index (χ1v) is 7.97. The third-order valence-electron chi connectivity index (χ3n) is 3.54. The molecule has 1 heterocycles. The van der Waals surface area contributed by atoms with Crippen molar-refractivity contribution >= 4 is 11.3 Å². The predicted molar refractivity (Wildman–Crippen MR) is 82.4 cm³/mol. The molecule has 1 fully saturated rings. The van der Waals surface area contributed by atoms with Crippen LogP contribution in [-0.4, -0.2) is 18.1 Å². The average molecular weight is 288 g/mol. The molecule has 1 unspecified atom stereocenters. The van der Waals surface area contributed by atoms with Crippen LogP contribution < -0.4 is 10.1 Å². The normalized spacial score (nSPS) is 16.1. The second kappa shape index (κ2) is 5.94. The second-order valence-corrected chi connectivity index (χ2v) is 6.35. The van der Waals surface area contributed by atoms with Crippen molar-refractivity contribution in [3.8, 4) is 5.75 Å². The number of rotatable bonds is 6. The molecule has 0 radical (unpaired) electrons. The fourth-order valence-electron chi connectivity index (χ4n) is 2.25. The van der Waals surface area contributed by atoms with Crippen LogP contribution in [0.4, 0.5) is 0 Å². The van der Waals surface area contributed by atoms with Crippen molar-refractivity contribution in [3.63, 3.8) is 0 Å². The quantitative estimate of drug-likeness (QED) is 0.883. The number of hydrogen-bond donors (Lipinski definition) is 1. The monoisotopic (exact) mass is 288 g/mol. The van der Waals surface area contributed by atoms with E-state index in [4.69, 9.17) is 4.74 Å². The molecular weight excluding hydrogens is 268 g/mol. The summed E-state index contributed by atoms with van der Waals surface area (Å²) >= 11 is 1.71. The number of aryl methyl sites for hydroxylation is 1. The summed E-state index contributed by atoms with van der Waals surface area (Å²) in [6.07, 6.45) is 3.77. The van der Waals surface area contributed by atoms with Gasteiger partial charge in [0.1, 0.15) is 5.75 Å². The zero-order chi connectivity index (χ0) is 13.9. The topological polar surface area (TPSA) is 34.2 Å². The van der Waals surface area contributed by atoms with Crippen LogP contribution >= 0.6 is 11.3 Å². The van der Waals surface area contributed by atoms with E-state index in [1.807, 2.05) is 14.0 Å². The summed E-state index contributed by atoms with van der Waals surface area (Å²) in [6.45, 7) is 2.05. The molecule has 1 saturated carbocycles. The van der Waals surface area contributed by atoms with Crippen molar-refractivity contribution in [1.29, 1.82) is 0 Å². The fraction of sp³-hybridized carbons (Fsp3) is 0.438. The lowest BCUT2D eigenvalue weighted by molar-refractivity contribution is 0.303. The van der Waals surface area contributed by atoms with Crippen LogP contribution in [0, 0.1) is 6.92 Å². The summed E-state index contributed by atoms with van der Waals surface area (Å²) in [5, 5.41) is 6.64. The Morgan fingerprint density at radius 2 is 2.10 bits per heavy atom. The molecule has 3 nitrogen and oxygen atoms in total. The van der Waals surface area contributed by atoms with Gasteiger partial charge in [0.15, 0.2) is 0 Å². The number of nitrogens with one attached hydrogen (secondary N) is 1. The smallest absolute Gasteiger partial charge is 0.119 e. The Bertz CT molecular complexity index is 560. The van der Waals surface area contributed by atoms with Gasteiger partial charge in [0.05, 0.1) is 16.8 Å². The zero-order valence-electron chi connectivity index (χ0n) is 11.9.